The van der Waals surface area contributed by atoms with Crippen molar-refractivity contribution in [1.29, 1.82) is 0 Å². The number of carboxylic acid groups (broad SMARTS) is 1. The van der Waals surface area contributed by atoms with Crippen molar-refractivity contribution in [2.45, 2.75) is 39.2 Å². The summed E-state index contributed by atoms with van der Waals surface area (Å²) in [5, 5.41) is 15.1. The lowest BCUT2D eigenvalue weighted by molar-refractivity contribution is -0.144. The molecular formula is C14H26N2O4. The summed E-state index contributed by atoms with van der Waals surface area (Å²) in [4.78, 5) is 23.8. The molecule has 1 saturated heterocycles. The quantitative estimate of drug-likeness (QED) is 0.569. The van der Waals surface area contributed by atoms with E-state index in [1.165, 1.54) is 0 Å². The maximum absolute atomic E-state index is 12.5. The summed E-state index contributed by atoms with van der Waals surface area (Å²) in [6, 6.07) is -0.839. The van der Waals surface area contributed by atoms with Gasteiger partial charge in [0, 0.05) is 20.3 Å². The van der Waals surface area contributed by atoms with Crippen molar-refractivity contribution < 1.29 is 19.4 Å². The molecule has 0 aromatic heterocycles. The Balaban J connectivity index is 2.66. The molecule has 6 nitrogen and oxygen atoms in total. The molecule has 1 aliphatic heterocycles. The summed E-state index contributed by atoms with van der Waals surface area (Å²) >= 11 is 0. The van der Waals surface area contributed by atoms with Gasteiger partial charge in [-0.05, 0) is 31.7 Å². The van der Waals surface area contributed by atoms with Crippen LogP contribution in [0.15, 0.2) is 0 Å². The van der Waals surface area contributed by atoms with E-state index in [0.717, 1.165) is 13.0 Å². The van der Waals surface area contributed by atoms with Crippen LogP contribution in [0.5, 0.6) is 0 Å². The van der Waals surface area contributed by atoms with Crippen LogP contribution < -0.4 is 10.6 Å². The number of ether oxygens (including phenoxy) is 1. The Morgan fingerprint density at radius 3 is 2.60 bits per heavy atom. The van der Waals surface area contributed by atoms with E-state index < -0.39 is 17.4 Å². The topological polar surface area (TPSA) is 87.7 Å². The zero-order chi connectivity index (χ0) is 15.2. The number of nitrogens with one attached hydrogen (secondary N) is 2. The molecule has 0 radical (unpaired) electrons. The van der Waals surface area contributed by atoms with Gasteiger partial charge in [0.2, 0.25) is 5.91 Å². The molecule has 2 atom stereocenters. The highest BCUT2D eigenvalue weighted by molar-refractivity contribution is 5.88. The fraction of sp³-hybridized carbons (Fsp3) is 0.857. The van der Waals surface area contributed by atoms with Gasteiger partial charge in [0.1, 0.15) is 6.04 Å². The first-order valence-corrected chi connectivity index (χ1v) is 7.17. The van der Waals surface area contributed by atoms with E-state index in [1.807, 2.05) is 13.8 Å². The number of hydrogen-bond acceptors (Lipinski definition) is 4. The average Bonchev–Trinajstić information content (AvgIpc) is 2.88. The number of methoxy groups -OCH3 is 1. The molecule has 0 saturated carbocycles. The van der Waals surface area contributed by atoms with Gasteiger partial charge in [0.05, 0.1) is 5.41 Å². The van der Waals surface area contributed by atoms with Gasteiger partial charge in [0.15, 0.2) is 0 Å². The van der Waals surface area contributed by atoms with E-state index in [4.69, 9.17) is 4.74 Å². The largest absolute Gasteiger partial charge is 0.480 e. The molecule has 1 aliphatic rings. The zero-order valence-corrected chi connectivity index (χ0v) is 12.6. The Morgan fingerprint density at radius 2 is 2.15 bits per heavy atom. The van der Waals surface area contributed by atoms with Crippen LogP contribution >= 0.6 is 0 Å². The molecule has 3 N–H and O–H groups in total. The molecule has 20 heavy (non-hydrogen) atoms. The minimum Gasteiger partial charge on any atom is -0.480 e. The van der Waals surface area contributed by atoms with Crippen molar-refractivity contribution in [3.63, 3.8) is 0 Å². The van der Waals surface area contributed by atoms with Crippen molar-refractivity contribution in [3.05, 3.63) is 0 Å². The molecular weight excluding hydrogens is 260 g/mol. The second-order valence-electron chi connectivity index (χ2n) is 5.74. The van der Waals surface area contributed by atoms with Crippen LogP contribution in [0.25, 0.3) is 0 Å². The van der Waals surface area contributed by atoms with Crippen LogP contribution in [0.3, 0.4) is 0 Å². The number of amides is 1. The Kier molecular flexibility index (Phi) is 6.42. The van der Waals surface area contributed by atoms with Crippen LogP contribution in [0.1, 0.15) is 33.1 Å². The summed E-state index contributed by atoms with van der Waals surface area (Å²) < 4.78 is 4.92. The maximum Gasteiger partial charge on any atom is 0.326 e. The number of rotatable bonds is 8. The van der Waals surface area contributed by atoms with E-state index in [-0.39, 0.29) is 11.8 Å². The lowest BCUT2D eigenvalue weighted by Crippen LogP contribution is -2.51. The first kappa shape index (κ1) is 16.9. The van der Waals surface area contributed by atoms with E-state index in [2.05, 4.69) is 10.6 Å². The monoisotopic (exact) mass is 286 g/mol. The molecule has 0 aromatic carbocycles. The lowest BCUT2D eigenvalue weighted by atomic mass is 9.75. The second-order valence-corrected chi connectivity index (χ2v) is 5.74. The predicted molar refractivity (Wildman–Crippen MR) is 75.4 cm³/mol. The Morgan fingerprint density at radius 1 is 1.45 bits per heavy atom. The fourth-order valence-electron chi connectivity index (χ4n) is 2.65. The molecule has 1 fully saturated rings. The van der Waals surface area contributed by atoms with Gasteiger partial charge in [0.25, 0.3) is 0 Å². The third-order valence-electron chi connectivity index (χ3n) is 4.19. The highest BCUT2D eigenvalue weighted by atomic mass is 16.5. The molecule has 2 unspecified atom stereocenters. The van der Waals surface area contributed by atoms with Gasteiger partial charge >= 0.3 is 5.97 Å². The summed E-state index contributed by atoms with van der Waals surface area (Å²) in [5.41, 5.74) is -0.491. The molecule has 116 valence electrons. The first-order chi connectivity index (χ1) is 9.44. The van der Waals surface area contributed by atoms with E-state index in [9.17, 15) is 14.7 Å². The van der Waals surface area contributed by atoms with Crippen LogP contribution in [-0.4, -0.2) is 49.8 Å². The van der Waals surface area contributed by atoms with Gasteiger partial charge in [-0.25, -0.2) is 4.79 Å². The Hall–Kier alpha value is -1.14. The number of hydrogen-bond donors (Lipinski definition) is 3. The molecule has 1 rings (SSSR count). The third-order valence-corrected chi connectivity index (χ3v) is 4.19. The molecule has 0 bridgehead atoms. The van der Waals surface area contributed by atoms with Crippen molar-refractivity contribution >= 4 is 11.9 Å². The minimum atomic E-state index is -0.987. The summed E-state index contributed by atoms with van der Waals surface area (Å²) in [7, 11) is 1.58. The second kappa shape index (κ2) is 7.59. The van der Waals surface area contributed by atoms with Crippen molar-refractivity contribution in [2.75, 3.05) is 26.8 Å². The van der Waals surface area contributed by atoms with Crippen molar-refractivity contribution in [1.82, 2.24) is 10.6 Å². The predicted octanol–water partition coefficient (Wildman–Crippen LogP) is 0.618. The van der Waals surface area contributed by atoms with Crippen LogP contribution in [0.2, 0.25) is 0 Å². The average molecular weight is 286 g/mol. The molecule has 0 aliphatic carbocycles. The minimum absolute atomic E-state index is 0.151. The van der Waals surface area contributed by atoms with Crippen LogP contribution in [0, 0.1) is 11.3 Å². The summed E-state index contributed by atoms with van der Waals surface area (Å²) in [5.74, 6) is -0.965. The zero-order valence-electron chi connectivity index (χ0n) is 12.6. The van der Waals surface area contributed by atoms with Gasteiger partial charge in [-0.15, -0.1) is 0 Å². The van der Waals surface area contributed by atoms with E-state index in [0.29, 0.717) is 26.0 Å². The van der Waals surface area contributed by atoms with Gasteiger partial charge in [-0.1, -0.05) is 13.8 Å². The van der Waals surface area contributed by atoms with Gasteiger partial charge in [-0.2, -0.15) is 0 Å². The Bertz CT molecular complexity index is 338. The smallest absolute Gasteiger partial charge is 0.326 e. The third kappa shape index (κ3) is 3.93. The van der Waals surface area contributed by atoms with E-state index >= 15 is 0 Å². The number of carbonyl (C=O) groups is 2. The normalized spacial score (nSPS) is 23.8. The maximum atomic E-state index is 12.5. The van der Waals surface area contributed by atoms with Crippen molar-refractivity contribution in [3.8, 4) is 0 Å². The Labute approximate surface area is 120 Å². The van der Waals surface area contributed by atoms with Crippen LogP contribution in [0.4, 0.5) is 0 Å². The SMILES string of the molecule is COCCCC(NC(=O)C1(C(C)C)CCNC1)C(=O)O. The highest BCUT2D eigenvalue weighted by Crippen LogP contribution is 2.34. The van der Waals surface area contributed by atoms with Gasteiger partial charge in [-0.3, -0.25) is 4.79 Å². The molecule has 6 heteroatoms. The number of carbonyl (C=O) groups excluding carboxylic acids is 1. The molecule has 1 amide bonds. The van der Waals surface area contributed by atoms with E-state index in [1.54, 1.807) is 7.11 Å². The highest BCUT2D eigenvalue weighted by Gasteiger charge is 2.44. The molecule has 0 spiro atoms. The van der Waals surface area contributed by atoms with Crippen LogP contribution in [-0.2, 0) is 14.3 Å². The fourth-order valence-corrected chi connectivity index (χ4v) is 2.65. The summed E-state index contributed by atoms with van der Waals surface area (Å²) in [6.45, 7) is 5.92. The van der Waals surface area contributed by atoms with Crippen molar-refractivity contribution in [2.24, 2.45) is 11.3 Å². The molecule has 0 aromatic rings. The number of carboxylic acids is 1. The van der Waals surface area contributed by atoms with Gasteiger partial charge < -0.3 is 20.5 Å². The lowest BCUT2D eigenvalue weighted by Gasteiger charge is -2.32. The molecule has 1 heterocycles. The standard InChI is InChI=1S/C14H26N2O4/c1-10(2)14(6-7-15-9-14)13(19)16-11(12(17)18)5-4-8-20-3/h10-11,15H,4-9H2,1-3H3,(H,16,19)(H,17,18). The summed E-state index contributed by atoms with van der Waals surface area (Å²) in [6.07, 6.45) is 1.75. The first-order valence-electron chi connectivity index (χ1n) is 7.17. The number of aliphatic carboxylic acids is 1.